The summed E-state index contributed by atoms with van der Waals surface area (Å²) in [5.41, 5.74) is 2.40. The van der Waals surface area contributed by atoms with Gasteiger partial charge in [0.15, 0.2) is 0 Å². The number of hydrogen-bond acceptors (Lipinski definition) is 4. The van der Waals surface area contributed by atoms with Gasteiger partial charge in [0.05, 0.1) is 10.6 Å². The van der Waals surface area contributed by atoms with Crippen molar-refractivity contribution in [1.82, 2.24) is 10.2 Å². The molecule has 0 fully saturated rings. The number of nitrogens with one attached hydrogen (secondary N) is 1. The van der Waals surface area contributed by atoms with E-state index in [-0.39, 0.29) is 23.4 Å². The van der Waals surface area contributed by atoms with Crippen LogP contribution in [0.3, 0.4) is 0 Å². The summed E-state index contributed by atoms with van der Waals surface area (Å²) in [6.07, 6.45) is 0. The SMILES string of the molecule is Cc1ccc(S(=O)(=O)N(CC(=O)N(Cc2c(Cl)cccc2Cl)C(C)C(=O)NC(C)C)c2ccccc2C)cc1. The number of nitrogens with zero attached hydrogens (tertiary/aromatic N) is 2. The minimum absolute atomic E-state index is 0.0513. The predicted octanol–water partition coefficient (Wildman–Crippen LogP) is 5.75. The number of rotatable bonds is 10. The molecule has 2 amide bonds. The van der Waals surface area contributed by atoms with E-state index in [9.17, 15) is 18.0 Å². The van der Waals surface area contributed by atoms with Crippen LogP contribution in [-0.2, 0) is 26.2 Å². The molecule has 0 heterocycles. The van der Waals surface area contributed by atoms with Crippen LogP contribution < -0.4 is 9.62 Å². The molecular formula is C29H33Cl2N3O4S. The van der Waals surface area contributed by atoms with Crippen LogP contribution in [0.15, 0.2) is 71.6 Å². The number of carbonyl (C=O) groups is 2. The highest BCUT2D eigenvalue weighted by molar-refractivity contribution is 7.92. The maximum atomic E-state index is 14.0. The largest absolute Gasteiger partial charge is 0.352 e. The second-order valence-corrected chi connectivity index (χ2v) is 12.3. The second kappa shape index (κ2) is 12.9. The third kappa shape index (κ3) is 7.32. The van der Waals surface area contributed by atoms with Gasteiger partial charge in [-0.25, -0.2) is 8.42 Å². The van der Waals surface area contributed by atoms with E-state index in [1.165, 1.54) is 17.0 Å². The fourth-order valence-electron chi connectivity index (χ4n) is 4.04. The maximum absolute atomic E-state index is 14.0. The van der Waals surface area contributed by atoms with Gasteiger partial charge in [-0.1, -0.05) is 65.2 Å². The first-order valence-corrected chi connectivity index (χ1v) is 14.7. The van der Waals surface area contributed by atoms with Gasteiger partial charge in [0.2, 0.25) is 11.8 Å². The quantitative estimate of drug-likeness (QED) is 0.326. The van der Waals surface area contributed by atoms with E-state index in [0.29, 0.717) is 26.9 Å². The zero-order valence-corrected chi connectivity index (χ0v) is 24.9. The first kappa shape index (κ1) is 30.5. The molecule has 0 aromatic heterocycles. The Morgan fingerprint density at radius 1 is 0.872 bits per heavy atom. The lowest BCUT2D eigenvalue weighted by molar-refractivity contribution is -0.139. The Balaban J connectivity index is 2.08. The number of sulfonamides is 1. The molecule has 0 bridgehead atoms. The van der Waals surface area contributed by atoms with Crippen LogP contribution >= 0.6 is 23.2 Å². The molecule has 0 aliphatic heterocycles. The number of para-hydroxylation sites is 1. The van der Waals surface area contributed by atoms with Crippen molar-refractivity contribution < 1.29 is 18.0 Å². The van der Waals surface area contributed by atoms with Gasteiger partial charge in [-0.3, -0.25) is 13.9 Å². The normalized spacial score (nSPS) is 12.2. The maximum Gasteiger partial charge on any atom is 0.264 e. The molecular weight excluding hydrogens is 557 g/mol. The average molecular weight is 591 g/mol. The van der Waals surface area contributed by atoms with Crippen molar-refractivity contribution in [2.45, 2.75) is 58.1 Å². The summed E-state index contributed by atoms with van der Waals surface area (Å²) < 4.78 is 28.9. The number of halogens is 2. The van der Waals surface area contributed by atoms with Crippen molar-refractivity contribution in [3.63, 3.8) is 0 Å². The molecule has 0 saturated heterocycles. The van der Waals surface area contributed by atoms with E-state index < -0.39 is 28.5 Å². The molecule has 208 valence electrons. The van der Waals surface area contributed by atoms with Crippen LogP contribution in [0.25, 0.3) is 0 Å². The van der Waals surface area contributed by atoms with Crippen LogP contribution in [0.2, 0.25) is 10.0 Å². The average Bonchev–Trinajstić information content (AvgIpc) is 2.87. The molecule has 7 nitrogen and oxygen atoms in total. The molecule has 1 atom stereocenters. The molecule has 0 aliphatic carbocycles. The number of benzene rings is 3. The van der Waals surface area contributed by atoms with E-state index in [2.05, 4.69) is 5.32 Å². The molecule has 0 saturated carbocycles. The molecule has 3 rings (SSSR count). The minimum Gasteiger partial charge on any atom is -0.352 e. The summed E-state index contributed by atoms with van der Waals surface area (Å²) in [6.45, 7) is 8.23. The number of hydrogen-bond donors (Lipinski definition) is 1. The lowest BCUT2D eigenvalue weighted by atomic mass is 10.1. The fraction of sp³-hybridized carbons (Fsp3) is 0.310. The Bertz CT molecular complexity index is 1420. The monoisotopic (exact) mass is 589 g/mol. The van der Waals surface area contributed by atoms with Gasteiger partial charge in [0, 0.05) is 28.2 Å². The van der Waals surface area contributed by atoms with Crippen LogP contribution in [0.4, 0.5) is 5.69 Å². The van der Waals surface area contributed by atoms with Gasteiger partial charge >= 0.3 is 0 Å². The van der Waals surface area contributed by atoms with Crippen LogP contribution in [0.1, 0.15) is 37.5 Å². The number of amides is 2. The number of carbonyl (C=O) groups excluding carboxylic acids is 2. The molecule has 0 radical (unpaired) electrons. The fourth-order valence-corrected chi connectivity index (χ4v) is 6.03. The summed E-state index contributed by atoms with van der Waals surface area (Å²) in [4.78, 5) is 28.4. The molecule has 3 aromatic rings. The Morgan fingerprint density at radius 2 is 1.46 bits per heavy atom. The summed E-state index contributed by atoms with van der Waals surface area (Å²) in [5.74, 6) is -0.971. The standard InChI is InChI=1S/C29H33Cl2N3O4S/c1-19(2)32-29(36)22(5)33(17-24-25(30)10-8-11-26(24)31)28(35)18-34(27-12-7-6-9-21(27)4)39(37,38)23-15-13-20(3)14-16-23/h6-16,19,22H,17-18H2,1-5H3,(H,32,36). The Labute approximate surface area is 240 Å². The van der Waals surface area contributed by atoms with Crippen molar-refractivity contribution in [1.29, 1.82) is 0 Å². The summed E-state index contributed by atoms with van der Waals surface area (Å²) >= 11 is 12.8. The van der Waals surface area contributed by atoms with Gasteiger partial charge < -0.3 is 10.2 Å². The summed E-state index contributed by atoms with van der Waals surface area (Å²) in [5, 5.41) is 3.48. The van der Waals surface area contributed by atoms with Crippen LogP contribution in [0.5, 0.6) is 0 Å². The van der Waals surface area contributed by atoms with Gasteiger partial charge in [0.25, 0.3) is 10.0 Å². The Kier molecular flexibility index (Phi) is 10.0. The van der Waals surface area contributed by atoms with Gasteiger partial charge in [-0.2, -0.15) is 0 Å². The lowest BCUT2D eigenvalue weighted by Crippen LogP contribution is -2.52. The molecule has 3 aromatic carbocycles. The minimum atomic E-state index is -4.14. The van der Waals surface area contributed by atoms with E-state index in [1.807, 2.05) is 20.8 Å². The predicted molar refractivity (Wildman–Crippen MR) is 157 cm³/mol. The highest BCUT2D eigenvalue weighted by Crippen LogP contribution is 2.29. The van der Waals surface area contributed by atoms with Crippen LogP contribution in [-0.4, -0.2) is 43.8 Å². The molecule has 1 unspecified atom stereocenters. The molecule has 1 N–H and O–H groups in total. The van der Waals surface area contributed by atoms with Gasteiger partial charge in [-0.05, 0) is 70.5 Å². The third-order valence-electron chi connectivity index (χ3n) is 6.26. The molecule has 0 spiro atoms. The smallest absolute Gasteiger partial charge is 0.264 e. The zero-order valence-electron chi connectivity index (χ0n) is 22.6. The van der Waals surface area contributed by atoms with Gasteiger partial charge in [-0.15, -0.1) is 0 Å². The highest BCUT2D eigenvalue weighted by Gasteiger charge is 2.33. The molecule has 0 aliphatic rings. The summed E-state index contributed by atoms with van der Waals surface area (Å²) in [6, 6.07) is 17.2. The van der Waals surface area contributed by atoms with E-state index in [4.69, 9.17) is 23.2 Å². The van der Waals surface area contributed by atoms with Crippen molar-refractivity contribution in [3.05, 3.63) is 93.5 Å². The van der Waals surface area contributed by atoms with Crippen molar-refractivity contribution in [3.8, 4) is 0 Å². The highest BCUT2D eigenvalue weighted by atomic mass is 35.5. The van der Waals surface area contributed by atoms with Crippen molar-refractivity contribution in [2.75, 3.05) is 10.8 Å². The molecule has 10 heteroatoms. The third-order valence-corrected chi connectivity index (χ3v) is 8.74. The van der Waals surface area contributed by atoms with Crippen LogP contribution in [0, 0.1) is 13.8 Å². The first-order chi connectivity index (χ1) is 18.3. The first-order valence-electron chi connectivity index (χ1n) is 12.5. The Hall–Kier alpha value is -3.07. The number of anilines is 1. The summed E-state index contributed by atoms with van der Waals surface area (Å²) in [7, 11) is -4.14. The van der Waals surface area contributed by atoms with E-state index in [1.54, 1.807) is 68.4 Å². The second-order valence-electron chi connectivity index (χ2n) is 9.67. The zero-order chi connectivity index (χ0) is 28.9. The topological polar surface area (TPSA) is 86.8 Å². The lowest BCUT2D eigenvalue weighted by Gasteiger charge is -2.33. The number of aryl methyl sites for hydroxylation is 2. The van der Waals surface area contributed by atoms with Crippen molar-refractivity contribution in [2.24, 2.45) is 0 Å². The van der Waals surface area contributed by atoms with Crippen molar-refractivity contribution >= 4 is 50.7 Å². The molecule has 39 heavy (non-hydrogen) atoms. The van der Waals surface area contributed by atoms with E-state index in [0.717, 1.165) is 9.87 Å². The van der Waals surface area contributed by atoms with Gasteiger partial charge in [0.1, 0.15) is 12.6 Å². The Morgan fingerprint density at radius 3 is 2.03 bits per heavy atom. The van der Waals surface area contributed by atoms with E-state index >= 15 is 0 Å².